The molecule has 2 aliphatic carbocycles. The molecule has 0 radical (unpaired) electrons. The van der Waals surface area contributed by atoms with Crippen molar-refractivity contribution in [2.45, 2.75) is 80.8 Å². The summed E-state index contributed by atoms with van der Waals surface area (Å²) < 4.78 is 18.3. The van der Waals surface area contributed by atoms with Gasteiger partial charge in [-0.05, 0) is 70.5 Å². The Kier molecular flexibility index (Phi) is 6.75. The highest BCUT2D eigenvalue weighted by Crippen LogP contribution is 2.64. The molecule has 1 amide bonds. The number of nitrogens with one attached hydrogen (secondary N) is 2. The fourth-order valence-corrected chi connectivity index (χ4v) is 7.44. The standard InChI is InChI=1S/C30H37N3O7/c1-17(18(2)39-24(35)9-13-32-28(36)21-5-4-12-31-21)38-22-8-10-30(37)23-15-19-6-7-20(16-34)26-25(19)29(30,27(22)40-26)11-14-33(23)3/h6-8,16,18,21,23,27,31,37H,1,4-5,9-15H2,2-3H3,(H,32,36)/t18-,21-,23+,27-,29-,30+/m0/s1. The van der Waals surface area contributed by atoms with Crippen LogP contribution in [0, 0.1) is 0 Å². The van der Waals surface area contributed by atoms with Crippen molar-refractivity contribution in [3.8, 4) is 5.75 Å². The number of rotatable bonds is 9. The van der Waals surface area contributed by atoms with Crippen molar-refractivity contribution in [1.82, 2.24) is 15.5 Å². The van der Waals surface area contributed by atoms with Gasteiger partial charge in [-0.2, -0.15) is 0 Å². The van der Waals surface area contributed by atoms with E-state index in [4.69, 9.17) is 14.2 Å². The Labute approximate surface area is 233 Å². The smallest absolute Gasteiger partial charge is 0.308 e. The number of hydrogen-bond acceptors (Lipinski definition) is 9. The van der Waals surface area contributed by atoms with E-state index in [0.29, 0.717) is 36.3 Å². The van der Waals surface area contributed by atoms with Crippen molar-refractivity contribution in [2.75, 3.05) is 26.7 Å². The van der Waals surface area contributed by atoms with Crippen LogP contribution < -0.4 is 15.4 Å². The number of esters is 1. The van der Waals surface area contributed by atoms with Crippen LogP contribution in [0.2, 0.25) is 0 Å². The number of carbonyl (C=O) groups excluding carboxylic acids is 3. The highest BCUT2D eigenvalue weighted by molar-refractivity contribution is 5.83. The van der Waals surface area contributed by atoms with Crippen LogP contribution in [0.1, 0.15) is 60.5 Å². The Bertz CT molecular complexity index is 1290. The third-order valence-corrected chi connectivity index (χ3v) is 9.55. The van der Waals surface area contributed by atoms with Crippen molar-refractivity contribution >= 4 is 18.2 Å². The third-order valence-electron chi connectivity index (χ3n) is 9.55. The number of likely N-dealkylation sites (N-methyl/N-ethyl adjacent to an activating group) is 1. The maximum Gasteiger partial charge on any atom is 0.308 e. The normalized spacial score (nSPS) is 32.3. The summed E-state index contributed by atoms with van der Waals surface area (Å²) in [6, 6.07) is 3.47. The minimum atomic E-state index is -1.09. The van der Waals surface area contributed by atoms with Crippen LogP contribution in [0.3, 0.4) is 0 Å². The Morgan fingerprint density at radius 1 is 1.40 bits per heavy atom. The summed E-state index contributed by atoms with van der Waals surface area (Å²) in [5.74, 6) is 0.675. The van der Waals surface area contributed by atoms with Gasteiger partial charge in [-0.15, -0.1) is 0 Å². The number of hydrogen-bond donors (Lipinski definition) is 3. The van der Waals surface area contributed by atoms with Gasteiger partial charge < -0.3 is 34.9 Å². The van der Waals surface area contributed by atoms with Gasteiger partial charge in [-0.3, -0.25) is 14.4 Å². The second kappa shape index (κ2) is 10.0. The van der Waals surface area contributed by atoms with Gasteiger partial charge in [0.25, 0.3) is 0 Å². The van der Waals surface area contributed by atoms with Crippen LogP contribution in [0.15, 0.2) is 36.3 Å². The van der Waals surface area contributed by atoms with E-state index >= 15 is 0 Å². The third kappa shape index (κ3) is 3.99. The lowest BCUT2D eigenvalue weighted by Gasteiger charge is -2.61. The van der Waals surface area contributed by atoms with Gasteiger partial charge in [0.15, 0.2) is 18.5 Å². The van der Waals surface area contributed by atoms with Crippen LogP contribution in [0.25, 0.3) is 0 Å². The highest BCUT2D eigenvalue weighted by Gasteiger charge is 2.71. The van der Waals surface area contributed by atoms with Gasteiger partial charge in [0, 0.05) is 24.6 Å². The molecule has 2 saturated heterocycles. The van der Waals surface area contributed by atoms with Gasteiger partial charge in [-0.25, -0.2) is 0 Å². The molecule has 5 aliphatic rings. The maximum absolute atomic E-state index is 12.5. The molecule has 2 bridgehead atoms. The van der Waals surface area contributed by atoms with E-state index in [0.717, 1.165) is 43.3 Å². The van der Waals surface area contributed by atoms with Gasteiger partial charge in [0.1, 0.15) is 17.3 Å². The molecule has 2 fully saturated rings. The number of aliphatic hydroxyl groups is 1. The average Bonchev–Trinajstić information content (AvgIpc) is 3.59. The number of carbonyl (C=O) groups is 3. The summed E-state index contributed by atoms with van der Waals surface area (Å²) in [7, 11) is 2.04. The van der Waals surface area contributed by atoms with E-state index in [1.807, 2.05) is 19.2 Å². The first-order valence-electron chi connectivity index (χ1n) is 14.2. The molecular weight excluding hydrogens is 514 g/mol. The molecule has 10 heteroatoms. The molecule has 3 N–H and O–H groups in total. The van der Waals surface area contributed by atoms with Crippen LogP contribution in [0.4, 0.5) is 0 Å². The van der Waals surface area contributed by atoms with E-state index < -0.39 is 29.2 Å². The summed E-state index contributed by atoms with van der Waals surface area (Å²) in [5.41, 5.74) is 0.613. The lowest BCUT2D eigenvalue weighted by atomic mass is 9.50. The lowest BCUT2D eigenvalue weighted by Crippen LogP contribution is -2.74. The molecule has 6 rings (SSSR count). The number of ether oxygens (including phenoxy) is 3. The predicted octanol–water partition coefficient (Wildman–Crippen LogP) is 1.50. The second-order valence-electron chi connectivity index (χ2n) is 11.7. The monoisotopic (exact) mass is 551 g/mol. The SMILES string of the molecule is C=C(OC1=CC[C@@]2(O)[C@H]3Cc4ccc(C=O)c5c4[C@@]2(CCN3C)[C@H]1O5)[C@H](C)OC(=O)CCNC(=O)[C@@H]1CCCN1. The Morgan fingerprint density at radius 2 is 2.23 bits per heavy atom. The number of likely N-dealkylation sites (tertiary alicyclic amines) is 1. The van der Waals surface area contributed by atoms with E-state index in [9.17, 15) is 19.5 Å². The zero-order chi connectivity index (χ0) is 28.2. The van der Waals surface area contributed by atoms with Crippen molar-refractivity contribution in [3.05, 3.63) is 53.0 Å². The Balaban J connectivity index is 1.16. The summed E-state index contributed by atoms with van der Waals surface area (Å²) in [6.45, 7) is 7.48. The largest absolute Gasteiger partial charge is 0.480 e. The van der Waals surface area contributed by atoms with Crippen LogP contribution in [-0.2, 0) is 30.9 Å². The molecule has 0 aromatic heterocycles. The zero-order valence-corrected chi connectivity index (χ0v) is 23.0. The molecule has 3 aliphatic heterocycles. The first-order valence-corrected chi connectivity index (χ1v) is 14.2. The van der Waals surface area contributed by atoms with E-state index in [1.165, 1.54) is 0 Å². The molecule has 1 spiro atoms. The fourth-order valence-electron chi connectivity index (χ4n) is 7.44. The van der Waals surface area contributed by atoms with Crippen molar-refractivity contribution in [2.24, 2.45) is 0 Å². The van der Waals surface area contributed by atoms with Crippen LogP contribution in [0.5, 0.6) is 5.75 Å². The number of amides is 1. The van der Waals surface area contributed by atoms with Crippen molar-refractivity contribution in [1.29, 1.82) is 0 Å². The molecule has 1 aromatic carbocycles. The summed E-state index contributed by atoms with van der Waals surface area (Å²) >= 11 is 0. The topological polar surface area (TPSA) is 126 Å². The Hall–Kier alpha value is -3.21. The minimum Gasteiger partial charge on any atom is -0.480 e. The first kappa shape index (κ1) is 27.0. The molecule has 214 valence electrons. The number of piperidine rings is 1. The quantitative estimate of drug-likeness (QED) is 0.238. The minimum absolute atomic E-state index is 0.0299. The number of benzene rings is 1. The molecule has 0 saturated carbocycles. The lowest BCUT2D eigenvalue weighted by molar-refractivity contribution is -0.164. The Morgan fingerprint density at radius 3 is 2.98 bits per heavy atom. The number of nitrogens with zero attached hydrogens (tertiary/aromatic N) is 1. The highest BCUT2D eigenvalue weighted by atomic mass is 16.6. The summed E-state index contributed by atoms with van der Waals surface area (Å²) in [5, 5.41) is 18.2. The predicted molar refractivity (Wildman–Crippen MR) is 145 cm³/mol. The summed E-state index contributed by atoms with van der Waals surface area (Å²) in [6.07, 6.45) is 4.71. The zero-order valence-electron chi connectivity index (χ0n) is 23.0. The van der Waals surface area contributed by atoms with Crippen LogP contribution >= 0.6 is 0 Å². The molecule has 6 atom stereocenters. The van der Waals surface area contributed by atoms with E-state index in [-0.39, 0.29) is 36.7 Å². The fraction of sp³-hybridized carbons (Fsp3) is 0.567. The maximum atomic E-state index is 12.5. The molecule has 10 nitrogen and oxygen atoms in total. The second-order valence-corrected chi connectivity index (χ2v) is 11.7. The number of aldehydes is 1. The van der Waals surface area contributed by atoms with Gasteiger partial charge >= 0.3 is 5.97 Å². The molecular formula is C30H37N3O7. The summed E-state index contributed by atoms with van der Waals surface area (Å²) in [4.78, 5) is 38.7. The average molecular weight is 552 g/mol. The molecule has 1 aromatic rings. The van der Waals surface area contributed by atoms with E-state index in [2.05, 4.69) is 22.1 Å². The van der Waals surface area contributed by atoms with Crippen molar-refractivity contribution < 1.29 is 33.7 Å². The van der Waals surface area contributed by atoms with Gasteiger partial charge in [0.2, 0.25) is 5.91 Å². The first-order chi connectivity index (χ1) is 19.2. The van der Waals surface area contributed by atoms with Gasteiger partial charge in [-0.1, -0.05) is 12.6 Å². The molecule has 40 heavy (non-hydrogen) atoms. The molecule has 0 unspecified atom stereocenters. The van der Waals surface area contributed by atoms with Crippen molar-refractivity contribution in [3.63, 3.8) is 0 Å². The van der Waals surface area contributed by atoms with E-state index in [1.54, 1.807) is 13.0 Å². The van der Waals surface area contributed by atoms with Crippen LogP contribution in [-0.4, -0.2) is 84.7 Å². The van der Waals surface area contributed by atoms with Gasteiger partial charge in [0.05, 0.1) is 29.0 Å². The molecule has 3 heterocycles.